The second-order valence-electron chi connectivity index (χ2n) is 5.24. The first-order valence-electron chi connectivity index (χ1n) is 6.87. The molecule has 1 aromatic heterocycles. The molecule has 0 unspecified atom stereocenters. The predicted octanol–water partition coefficient (Wildman–Crippen LogP) is 2.71. The largest absolute Gasteiger partial charge is 0.496 e. The van der Waals surface area contributed by atoms with Gasteiger partial charge in [-0.1, -0.05) is 13.8 Å². The molecule has 2 rings (SSSR count). The molecule has 0 atom stereocenters. The summed E-state index contributed by atoms with van der Waals surface area (Å²) >= 11 is 0. The second kappa shape index (κ2) is 7.70. The number of hydrogen-bond acceptors (Lipinski definition) is 4. The molecule has 0 aromatic carbocycles. The normalized spacial score (nSPS) is 18.2. The SMILES string of the molecule is CC.CC1(C)OB(c2cnc(F)c(N)c2)OC1(C)C.CF. The Morgan fingerprint density at radius 2 is 1.52 bits per heavy atom. The first kappa shape index (κ1) is 19.8. The molecule has 2 N–H and O–H groups in total. The number of halogens is 2. The van der Waals surface area contributed by atoms with Crippen molar-refractivity contribution in [1.82, 2.24) is 4.98 Å². The number of hydrogen-bond donors (Lipinski definition) is 1. The van der Waals surface area contributed by atoms with Crippen molar-refractivity contribution in [2.24, 2.45) is 0 Å². The molecule has 0 aliphatic carbocycles. The van der Waals surface area contributed by atoms with Crippen LogP contribution in [0.4, 0.5) is 14.5 Å². The molecule has 0 spiro atoms. The molecule has 1 aliphatic rings. The Bertz CT molecular complexity index is 441. The molecular formula is C14H25BF2N2O2. The lowest BCUT2D eigenvalue weighted by molar-refractivity contribution is 0.00578. The van der Waals surface area contributed by atoms with Crippen molar-refractivity contribution in [2.75, 3.05) is 12.9 Å². The monoisotopic (exact) mass is 302 g/mol. The number of anilines is 1. The maximum Gasteiger partial charge on any atom is 0.496 e. The summed E-state index contributed by atoms with van der Waals surface area (Å²) in [6.45, 7) is 11.8. The van der Waals surface area contributed by atoms with Crippen LogP contribution in [0, 0.1) is 5.95 Å². The van der Waals surface area contributed by atoms with E-state index in [1.165, 1.54) is 12.3 Å². The average Bonchev–Trinajstić information content (AvgIpc) is 2.66. The summed E-state index contributed by atoms with van der Waals surface area (Å²) in [5, 5.41) is 0. The predicted molar refractivity (Wildman–Crippen MR) is 82.7 cm³/mol. The lowest BCUT2D eigenvalue weighted by atomic mass is 9.80. The quantitative estimate of drug-likeness (QED) is 0.640. The molecule has 1 aliphatic heterocycles. The summed E-state index contributed by atoms with van der Waals surface area (Å²) in [6.07, 6.45) is 1.38. The minimum Gasteiger partial charge on any atom is -0.399 e. The van der Waals surface area contributed by atoms with Gasteiger partial charge in [-0.2, -0.15) is 4.39 Å². The Morgan fingerprint density at radius 3 is 1.90 bits per heavy atom. The van der Waals surface area contributed by atoms with Gasteiger partial charge in [0, 0.05) is 11.7 Å². The molecule has 1 fully saturated rings. The van der Waals surface area contributed by atoms with E-state index in [-0.39, 0.29) is 5.69 Å². The van der Waals surface area contributed by atoms with Crippen molar-refractivity contribution < 1.29 is 18.1 Å². The standard InChI is InChI=1S/C11H16BFN2O2.C2H6.CH3F/c1-10(2)11(3,4)17-12(16-10)7-5-8(14)9(13)15-6-7;2*1-2/h5-6H,14H2,1-4H3;1-2H3;1H3. The summed E-state index contributed by atoms with van der Waals surface area (Å²) in [6, 6.07) is 1.49. The highest BCUT2D eigenvalue weighted by molar-refractivity contribution is 6.62. The lowest BCUT2D eigenvalue weighted by Crippen LogP contribution is -2.41. The first-order valence-corrected chi connectivity index (χ1v) is 6.87. The van der Waals surface area contributed by atoms with Crippen LogP contribution in [0.5, 0.6) is 0 Å². The van der Waals surface area contributed by atoms with Gasteiger partial charge < -0.3 is 15.0 Å². The third-order valence-electron chi connectivity index (χ3n) is 3.41. The fraction of sp³-hybridized carbons (Fsp3) is 0.643. The third kappa shape index (κ3) is 4.38. The van der Waals surface area contributed by atoms with Crippen LogP contribution in [0.25, 0.3) is 0 Å². The van der Waals surface area contributed by atoms with Crippen LogP contribution in [0.1, 0.15) is 41.5 Å². The van der Waals surface area contributed by atoms with Gasteiger partial charge in [0.1, 0.15) is 0 Å². The van der Waals surface area contributed by atoms with Crippen LogP contribution in [-0.4, -0.2) is 30.5 Å². The molecule has 2 heterocycles. The number of rotatable bonds is 1. The van der Waals surface area contributed by atoms with Gasteiger partial charge in [0.25, 0.3) is 0 Å². The van der Waals surface area contributed by atoms with Gasteiger partial charge in [0.05, 0.1) is 24.1 Å². The minimum atomic E-state index is -0.676. The van der Waals surface area contributed by atoms with E-state index in [4.69, 9.17) is 15.0 Å². The molecule has 4 nitrogen and oxygen atoms in total. The summed E-state index contributed by atoms with van der Waals surface area (Å²) in [5.74, 6) is -0.676. The Labute approximate surface area is 126 Å². The Balaban J connectivity index is 0.000000921. The summed E-state index contributed by atoms with van der Waals surface area (Å²) in [7, 11) is -0.0598. The fourth-order valence-electron chi connectivity index (χ4n) is 1.59. The number of nitrogens with two attached hydrogens (primary N) is 1. The van der Waals surface area contributed by atoms with Crippen LogP contribution < -0.4 is 11.2 Å². The summed E-state index contributed by atoms with van der Waals surface area (Å²) in [5.41, 5.74) is 5.24. The van der Waals surface area contributed by atoms with Crippen LogP contribution >= 0.6 is 0 Å². The topological polar surface area (TPSA) is 57.4 Å². The molecule has 1 saturated heterocycles. The van der Waals surface area contributed by atoms with Crippen molar-refractivity contribution in [2.45, 2.75) is 52.7 Å². The van der Waals surface area contributed by atoms with E-state index < -0.39 is 24.3 Å². The zero-order valence-corrected chi connectivity index (χ0v) is 13.8. The maximum atomic E-state index is 13.0. The van der Waals surface area contributed by atoms with Gasteiger partial charge in [0.2, 0.25) is 5.95 Å². The van der Waals surface area contributed by atoms with Gasteiger partial charge >= 0.3 is 7.12 Å². The molecule has 0 radical (unpaired) electrons. The molecule has 0 saturated carbocycles. The van der Waals surface area contributed by atoms with Crippen molar-refractivity contribution in [1.29, 1.82) is 0 Å². The van der Waals surface area contributed by atoms with Crippen molar-refractivity contribution in [3.8, 4) is 0 Å². The molecule has 1 aromatic rings. The Hall–Kier alpha value is -1.21. The molecule has 0 amide bonds. The summed E-state index contributed by atoms with van der Waals surface area (Å²) < 4.78 is 34.1. The molecule has 0 bridgehead atoms. The Morgan fingerprint density at radius 1 is 1.10 bits per heavy atom. The zero-order chi connectivity index (χ0) is 16.8. The van der Waals surface area contributed by atoms with Crippen LogP contribution in [0.15, 0.2) is 12.3 Å². The molecule has 21 heavy (non-hydrogen) atoms. The lowest BCUT2D eigenvalue weighted by Gasteiger charge is -2.32. The number of pyridine rings is 1. The van der Waals surface area contributed by atoms with Crippen LogP contribution in [-0.2, 0) is 9.31 Å². The highest BCUT2D eigenvalue weighted by Crippen LogP contribution is 2.36. The van der Waals surface area contributed by atoms with E-state index in [0.29, 0.717) is 12.6 Å². The maximum absolute atomic E-state index is 13.0. The first-order chi connectivity index (χ1) is 9.73. The molecule has 120 valence electrons. The van der Waals surface area contributed by atoms with Gasteiger partial charge in [-0.3, -0.25) is 4.39 Å². The fourth-order valence-corrected chi connectivity index (χ4v) is 1.59. The van der Waals surface area contributed by atoms with Crippen molar-refractivity contribution in [3.05, 3.63) is 18.2 Å². The summed E-state index contributed by atoms with van der Waals surface area (Å²) in [4.78, 5) is 3.57. The number of nitrogens with zero attached hydrogens (tertiary/aromatic N) is 1. The molecule has 7 heteroatoms. The van der Waals surface area contributed by atoms with Crippen LogP contribution in [0.2, 0.25) is 0 Å². The van der Waals surface area contributed by atoms with Gasteiger partial charge in [0.15, 0.2) is 0 Å². The Kier molecular flexibility index (Phi) is 7.26. The van der Waals surface area contributed by atoms with Gasteiger partial charge in [-0.05, 0) is 33.8 Å². The number of alkyl halides is 1. The average molecular weight is 302 g/mol. The van der Waals surface area contributed by atoms with E-state index in [1.54, 1.807) is 0 Å². The zero-order valence-electron chi connectivity index (χ0n) is 13.8. The van der Waals surface area contributed by atoms with Crippen molar-refractivity contribution in [3.63, 3.8) is 0 Å². The van der Waals surface area contributed by atoms with Gasteiger partial charge in [-0.15, -0.1) is 0 Å². The van der Waals surface area contributed by atoms with E-state index >= 15 is 0 Å². The van der Waals surface area contributed by atoms with E-state index in [9.17, 15) is 8.78 Å². The van der Waals surface area contributed by atoms with E-state index in [0.717, 1.165) is 0 Å². The van der Waals surface area contributed by atoms with E-state index in [2.05, 4.69) is 4.98 Å². The molecular weight excluding hydrogens is 277 g/mol. The third-order valence-corrected chi connectivity index (χ3v) is 3.41. The van der Waals surface area contributed by atoms with Crippen molar-refractivity contribution >= 4 is 18.3 Å². The van der Waals surface area contributed by atoms with Crippen LogP contribution in [0.3, 0.4) is 0 Å². The smallest absolute Gasteiger partial charge is 0.399 e. The highest BCUT2D eigenvalue weighted by atomic mass is 19.1. The highest BCUT2D eigenvalue weighted by Gasteiger charge is 2.51. The second-order valence-corrected chi connectivity index (χ2v) is 5.24. The van der Waals surface area contributed by atoms with Gasteiger partial charge in [-0.25, -0.2) is 4.98 Å². The van der Waals surface area contributed by atoms with E-state index in [1.807, 2.05) is 41.5 Å². The number of aromatic nitrogens is 1. The minimum absolute atomic E-state index is 0.00258. The number of nitrogen functional groups attached to an aromatic ring is 1.